The van der Waals surface area contributed by atoms with Gasteiger partial charge < -0.3 is 0 Å². The summed E-state index contributed by atoms with van der Waals surface area (Å²) in [6.45, 7) is 0. The van der Waals surface area contributed by atoms with Gasteiger partial charge in [0.2, 0.25) is 18.1 Å². The largest absolute Gasteiger partial charge is 0.239 e. The first kappa shape index (κ1) is 45.6. The summed E-state index contributed by atoms with van der Waals surface area (Å²) in [5.41, 5.74) is -14.3. The van der Waals surface area contributed by atoms with Gasteiger partial charge in [0.1, 0.15) is 52.7 Å². The van der Waals surface area contributed by atoms with Crippen LogP contribution in [0.5, 0.6) is 5.75 Å². The van der Waals surface area contributed by atoms with Crippen LogP contribution in [-0.4, -0.2) is 6.15 Å². The number of hydrogen-bond acceptors (Lipinski definition) is 1. The van der Waals surface area contributed by atoms with Gasteiger partial charge >= 0.3 is 0 Å². The van der Waals surface area contributed by atoms with Crippen molar-refractivity contribution in [3.05, 3.63) is 189 Å². The standard InChI is InChI=1S/C24BF20.C15H11FNO/c26-5-1(6(27)14(35)21(42)13(5)34)25(2-7(28)15(36)22(43)16(37)8(2)29,3-9(30)17(38)23(44)18(39)10(3)31)4-11(32)19(40)24(45)20(41)12(4)33;16-14-7-3-4-8-15(14)18-17-10-9-12-5-1-2-6-13(12)11-17/h;1-11H/q-1;+1. The molecule has 0 bridgehead atoms. The molecule has 1 aromatic heterocycles. The Labute approximate surface area is 335 Å². The Kier molecular flexibility index (Phi) is 12.2. The molecule has 0 saturated carbocycles. The molecule has 1 heterocycles. The zero-order valence-electron chi connectivity index (χ0n) is 29.7. The predicted molar refractivity (Wildman–Crippen MR) is 176 cm³/mol. The molecular formula is C39H11BF21NO. The lowest BCUT2D eigenvalue weighted by Gasteiger charge is -2.44. The summed E-state index contributed by atoms with van der Waals surface area (Å²) < 4.78 is 309. The van der Waals surface area contributed by atoms with Gasteiger partial charge in [-0.15, -0.1) is 21.9 Å². The normalized spacial score (nSPS) is 11.6. The second-order valence-electron chi connectivity index (χ2n) is 12.8. The minimum absolute atomic E-state index is 0.206. The van der Waals surface area contributed by atoms with Crippen molar-refractivity contribution >= 4 is 38.8 Å². The number of benzene rings is 6. The molecule has 0 N–H and O–H groups in total. The molecule has 63 heavy (non-hydrogen) atoms. The van der Waals surface area contributed by atoms with E-state index < -0.39 is 144 Å². The second kappa shape index (κ2) is 16.8. The van der Waals surface area contributed by atoms with Crippen molar-refractivity contribution in [1.29, 1.82) is 0 Å². The fourth-order valence-corrected chi connectivity index (χ4v) is 6.68. The SMILES string of the molecule is Fc1c(F)c(F)c([B-](c2c(F)c(F)c(F)c(F)c2F)(c2c(F)c(F)c(F)c(F)c2F)c2c(F)c(F)c(F)c(F)c2F)c(F)c1F.Fc1ccccc1O[n+]1ccc2ccccc2c1. The van der Waals surface area contributed by atoms with Crippen LogP contribution in [0.3, 0.4) is 0 Å². The Morgan fingerprint density at radius 2 is 0.571 bits per heavy atom. The lowest BCUT2D eigenvalue weighted by Crippen LogP contribution is -2.81. The van der Waals surface area contributed by atoms with Gasteiger partial charge in [0.05, 0.1) is 5.39 Å². The zero-order valence-corrected chi connectivity index (χ0v) is 29.7. The molecule has 0 amide bonds. The maximum absolute atomic E-state index is 15.4. The van der Waals surface area contributed by atoms with Crippen molar-refractivity contribution in [3.63, 3.8) is 0 Å². The van der Waals surface area contributed by atoms with Gasteiger partial charge in [0.25, 0.3) is 0 Å². The van der Waals surface area contributed by atoms with E-state index in [0.29, 0.717) is 0 Å². The topological polar surface area (TPSA) is 13.1 Å². The molecule has 2 nitrogen and oxygen atoms in total. The van der Waals surface area contributed by atoms with E-state index in [2.05, 4.69) is 0 Å². The van der Waals surface area contributed by atoms with Gasteiger partial charge in [-0.3, -0.25) is 0 Å². The number of nitrogens with zero attached hydrogens (tertiary/aromatic N) is 1. The molecule has 0 unspecified atom stereocenters. The molecule has 0 aliphatic rings. The molecule has 0 atom stereocenters. The first-order valence-corrected chi connectivity index (χ1v) is 16.6. The highest BCUT2D eigenvalue weighted by Crippen LogP contribution is 2.31. The highest BCUT2D eigenvalue weighted by atomic mass is 19.2. The highest BCUT2D eigenvalue weighted by Gasteiger charge is 2.52. The van der Waals surface area contributed by atoms with Crippen molar-refractivity contribution in [1.82, 2.24) is 0 Å². The quantitative estimate of drug-likeness (QED) is 0.0535. The van der Waals surface area contributed by atoms with E-state index in [1.54, 1.807) is 24.4 Å². The van der Waals surface area contributed by atoms with Gasteiger partial charge in [0.15, 0.2) is 75.6 Å². The minimum atomic E-state index is -7.22. The third-order valence-electron chi connectivity index (χ3n) is 9.41. The summed E-state index contributed by atoms with van der Waals surface area (Å²) in [4.78, 5) is 5.46. The van der Waals surface area contributed by atoms with Crippen LogP contribution in [0.1, 0.15) is 0 Å². The number of aromatic nitrogens is 1. The highest BCUT2D eigenvalue weighted by molar-refractivity contribution is 7.20. The number of fused-ring (bicyclic) bond motifs is 1. The van der Waals surface area contributed by atoms with Crippen LogP contribution in [0.15, 0.2) is 67.0 Å². The van der Waals surface area contributed by atoms with E-state index in [9.17, 15) is 57.1 Å². The van der Waals surface area contributed by atoms with Crippen molar-refractivity contribution < 1.29 is 102 Å². The van der Waals surface area contributed by atoms with E-state index in [4.69, 9.17) is 4.84 Å². The summed E-state index contributed by atoms with van der Waals surface area (Å²) in [5.74, 6) is -71.6. The summed E-state index contributed by atoms with van der Waals surface area (Å²) in [6, 6.07) is 16.2. The number of halogens is 21. The van der Waals surface area contributed by atoms with Crippen molar-refractivity contribution in [3.8, 4) is 5.75 Å². The van der Waals surface area contributed by atoms with E-state index in [1.807, 2.05) is 36.5 Å². The first-order valence-electron chi connectivity index (χ1n) is 16.6. The predicted octanol–water partition coefficient (Wildman–Crippen LogP) is 8.95. The van der Waals surface area contributed by atoms with Crippen molar-refractivity contribution in [2.24, 2.45) is 0 Å². The van der Waals surface area contributed by atoms with Crippen LogP contribution >= 0.6 is 0 Å². The Morgan fingerprint density at radius 3 is 0.889 bits per heavy atom. The summed E-state index contributed by atoms with van der Waals surface area (Å²) in [5, 5.41) is 2.15. The van der Waals surface area contributed by atoms with E-state index >= 15 is 35.1 Å². The summed E-state index contributed by atoms with van der Waals surface area (Å²) in [6.07, 6.45) is -3.64. The second-order valence-corrected chi connectivity index (χ2v) is 12.8. The monoisotopic (exact) mass is 919 g/mol. The Bertz CT molecular complexity index is 2630. The van der Waals surface area contributed by atoms with Gasteiger partial charge in [-0.1, -0.05) is 30.3 Å². The molecule has 7 aromatic rings. The molecule has 0 fully saturated rings. The number of pyridine rings is 1. The van der Waals surface area contributed by atoms with Crippen molar-refractivity contribution in [2.75, 3.05) is 0 Å². The lowest BCUT2D eigenvalue weighted by atomic mass is 9.12. The van der Waals surface area contributed by atoms with Gasteiger partial charge in [0, 0.05) is 10.8 Å². The molecular weight excluding hydrogens is 908 g/mol. The van der Waals surface area contributed by atoms with E-state index in [1.165, 1.54) is 10.8 Å². The van der Waals surface area contributed by atoms with Crippen molar-refractivity contribution in [2.45, 2.75) is 0 Å². The van der Waals surface area contributed by atoms with Crippen LogP contribution in [0.25, 0.3) is 10.8 Å². The smallest absolute Gasteiger partial charge is 0.228 e. The summed E-state index contributed by atoms with van der Waals surface area (Å²) in [7, 11) is 0. The molecule has 7 rings (SSSR count). The molecule has 0 aliphatic heterocycles. The molecule has 328 valence electrons. The molecule has 0 aliphatic carbocycles. The third-order valence-corrected chi connectivity index (χ3v) is 9.41. The van der Waals surface area contributed by atoms with Crippen LogP contribution < -0.4 is 31.4 Å². The van der Waals surface area contributed by atoms with Crippen LogP contribution in [0.2, 0.25) is 0 Å². The number of para-hydroxylation sites is 1. The first-order chi connectivity index (χ1) is 29.5. The van der Waals surface area contributed by atoms with Crippen LogP contribution in [0.4, 0.5) is 92.2 Å². The maximum atomic E-state index is 15.4. The van der Waals surface area contributed by atoms with E-state index in [-0.39, 0.29) is 11.6 Å². The molecule has 6 aromatic carbocycles. The Hall–Kier alpha value is -6.88. The molecule has 0 radical (unpaired) electrons. The van der Waals surface area contributed by atoms with Crippen LogP contribution in [0, 0.1) is 122 Å². The average Bonchev–Trinajstić information content (AvgIpc) is 3.27. The summed E-state index contributed by atoms with van der Waals surface area (Å²) >= 11 is 0. The minimum Gasteiger partial charge on any atom is -0.228 e. The fraction of sp³-hybridized carbons (Fsp3) is 0. The van der Waals surface area contributed by atoms with Gasteiger partial charge in [-0.25, -0.2) is 97.0 Å². The number of hydrogen-bond donors (Lipinski definition) is 0. The average molecular weight is 919 g/mol. The Morgan fingerprint density at radius 1 is 0.302 bits per heavy atom. The van der Waals surface area contributed by atoms with Crippen LogP contribution in [-0.2, 0) is 0 Å². The number of rotatable bonds is 6. The van der Waals surface area contributed by atoms with Gasteiger partial charge in [-0.2, -0.15) is 0 Å². The van der Waals surface area contributed by atoms with Gasteiger partial charge in [-0.05, 0) is 23.6 Å². The molecule has 0 saturated heterocycles. The maximum Gasteiger partial charge on any atom is 0.239 e. The lowest BCUT2D eigenvalue weighted by molar-refractivity contribution is -0.874. The molecule has 24 heteroatoms. The zero-order chi connectivity index (χ0) is 46.7. The van der Waals surface area contributed by atoms with E-state index in [0.717, 1.165) is 10.8 Å². The molecule has 0 spiro atoms. The Balaban J connectivity index is 0.000000302. The fourth-order valence-electron chi connectivity index (χ4n) is 6.68. The third kappa shape index (κ3) is 7.09.